The first kappa shape index (κ1) is 12.7. The number of rotatable bonds is 3. The summed E-state index contributed by atoms with van der Waals surface area (Å²) in [6.07, 6.45) is 1.30. The molecule has 4 N–H and O–H groups in total. The van der Waals surface area contributed by atoms with E-state index >= 15 is 0 Å². The van der Waals surface area contributed by atoms with E-state index in [1.807, 2.05) is 4.90 Å². The van der Waals surface area contributed by atoms with Gasteiger partial charge >= 0.3 is 0 Å². The summed E-state index contributed by atoms with van der Waals surface area (Å²) in [5.74, 6) is 0.0472. The van der Waals surface area contributed by atoms with Crippen LogP contribution in [0.4, 0.5) is 5.82 Å². The molecule has 1 aliphatic rings. The normalized spacial score (nSPS) is 19.6. The van der Waals surface area contributed by atoms with Crippen LogP contribution in [0.1, 0.15) is 10.4 Å². The molecule has 18 heavy (non-hydrogen) atoms. The quantitative estimate of drug-likeness (QED) is 0.728. The number of primary amides is 1. The van der Waals surface area contributed by atoms with Gasteiger partial charge in [0.2, 0.25) is 0 Å². The largest absolute Gasteiger partial charge is 0.391 e. The van der Waals surface area contributed by atoms with E-state index in [1.165, 1.54) is 0 Å². The summed E-state index contributed by atoms with van der Waals surface area (Å²) in [6, 6.07) is 3.32. The fraction of sp³-hybridized carbons (Fsp3) is 0.364. The molecule has 0 spiro atoms. The lowest BCUT2D eigenvalue weighted by Crippen LogP contribution is -2.48. The van der Waals surface area contributed by atoms with Crippen LogP contribution in [0.25, 0.3) is 0 Å². The zero-order chi connectivity index (χ0) is 13.1. The second-order valence-electron chi connectivity index (χ2n) is 3.95. The molecule has 1 amide bonds. The molecule has 2 heterocycles. The van der Waals surface area contributed by atoms with Crippen molar-refractivity contribution in [2.75, 3.05) is 24.6 Å². The Bertz CT molecular complexity index is 480. The second-order valence-corrected chi connectivity index (χ2v) is 4.42. The van der Waals surface area contributed by atoms with Gasteiger partial charge in [-0.15, -0.1) is 0 Å². The SMILES string of the molecule is NC(=O)c1cccnc1N1CCOC(C(N)=S)C1. The Labute approximate surface area is 110 Å². The first-order chi connectivity index (χ1) is 8.59. The van der Waals surface area contributed by atoms with E-state index in [0.29, 0.717) is 36.1 Å². The number of carbonyl (C=O) groups is 1. The first-order valence-electron chi connectivity index (χ1n) is 5.50. The molecule has 0 aromatic carbocycles. The van der Waals surface area contributed by atoms with Crippen LogP contribution in [0.2, 0.25) is 0 Å². The molecule has 1 fully saturated rings. The van der Waals surface area contributed by atoms with E-state index < -0.39 is 5.91 Å². The van der Waals surface area contributed by atoms with Crippen LogP contribution in [-0.2, 0) is 4.74 Å². The van der Waals surface area contributed by atoms with Crippen molar-refractivity contribution in [3.8, 4) is 0 Å². The van der Waals surface area contributed by atoms with Crippen molar-refractivity contribution in [2.24, 2.45) is 11.5 Å². The number of carbonyl (C=O) groups excluding carboxylic acids is 1. The lowest BCUT2D eigenvalue weighted by molar-refractivity contribution is 0.0840. The number of hydrogen-bond donors (Lipinski definition) is 2. The smallest absolute Gasteiger partial charge is 0.252 e. The summed E-state index contributed by atoms with van der Waals surface area (Å²) in [5.41, 5.74) is 11.3. The molecule has 96 valence electrons. The van der Waals surface area contributed by atoms with Crippen molar-refractivity contribution in [3.05, 3.63) is 23.9 Å². The number of pyridine rings is 1. The van der Waals surface area contributed by atoms with Crippen LogP contribution in [0, 0.1) is 0 Å². The average molecular weight is 266 g/mol. The summed E-state index contributed by atoms with van der Waals surface area (Å²) in [7, 11) is 0. The second kappa shape index (κ2) is 5.28. The molecule has 1 aromatic rings. The van der Waals surface area contributed by atoms with E-state index in [-0.39, 0.29) is 6.10 Å². The predicted octanol–water partition coefficient (Wildman–Crippen LogP) is -0.328. The van der Waals surface area contributed by atoms with Gasteiger partial charge in [0.05, 0.1) is 18.7 Å². The summed E-state index contributed by atoms with van der Waals surface area (Å²) in [5, 5.41) is 0. The molecule has 0 saturated carbocycles. The number of thiocarbonyl (C=S) groups is 1. The lowest BCUT2D eigenvalue weighted by Gasteiger charge is -2.33. The van der Waals surface area contributed by atoms with Crippen molar-refractivity contribution in [3.63, 3.8) is 0 Å². The highest BCUT2D eigenvalue weighted by Crippen LogP contribution is 2.19. The average Bonchev–Trinajstić information content (AvgIpc) is 2.39. The third-order valence-corrected chi connectivity index (χ3v) is 3.00. The van der Waals surface area contributed by atoms with Crippen molar-refractivity contribution in [1.82, 2.24) is 4.98 Å². The summed E-state index contributed by atoms with van der Waals surface area (Å²) in [6.45, 7) is 1.58. The van der Waals surface area contributed by atoms with E-state index in [0.717, 1.165) is 0 Å². The molecule has 0 bridgehead atoms. The number of nitrogens with zero attached hydrogens (tertiary/aromatic N) is 2. The third-order valence-electron chi connectivity index (χ3n) is 2.74. The van der Waals surface area contributed by atoms with Gasteiger partial charge in [-0.05, 0) is 12.1 Å². The van der Waals surface area contributed by atoms with Crippen LogP contribution in [0.5, 0.6) is 0 Å². The Kier molecular flexibility index (Phi) is 3.73. The summed E-state index contributed by atoms with van der Waals surface area (Å²) >= 11 is 4.92. The molecular formula is C11H14N4O2S. The Hall–Kier alpha value is -1.73. The van der Waals surface area contributed by atoms with Gasteiger partial charge in [0.25, 0.3) is 5.91 Å². The maximum absolute atomic E-state index is 11.4. The number of aromatic nitrogens is 1. The maximum Gasteiger partial charge on any atom is 0.252 e. The highest BCUT2D eigenvalue weighted by atomic mass is 32.1. The van der Waals surface area contributed by atoms with Gasteiger partial charge in [-0.2, -0.15) is 0 Å². The van der Waals surface area contributed by atoms with E-state index in [1.54, 1.807) is 18.3 Å². The number of nitrogens with two attached hydrogens (primary N) is 2. The Balaban J connectivity index is 2.26. The van der Waals surface area contributed by atoms with Crippen molar-refractivity contribution < 1.29 is 9.53 Å². The van der Waals surface area contributed by atoms with Crippen molar-refractivity contribution in [1.29, 1.82) is 0 Å². The molecule has 1 atom stereocenters. The van der Waals surface area contributed by atoms with Crippen LogP contribution in [0.15, 0.2) is 18.3 Å². The minimum Gasteiger partial charge on any atom is -0.391 e. The van der Waals surface area contributed by atoms with Gasteiger partial charge in [0.1, 0.15) is 16.9 Å². The standard InChI is InChI=1S/C11H14N4O2S/c12-9(16)7-2-1-3-14-11(7)15-4-5-17-8(6-15)10(13)18/h1-3,8H,4-6H2,(H2,12,16)(H2,13,18). The van der Waals surface area contributed by atoms with Crippen molar-refractivity contribution >= 4 is 28.9 Å². The Morgan fingerprint density at radius 2 is 2.33 bits per heavy atom. The molecule has 1 aromatic heterocycles. The van der Waals surface area contributed by atoms with Crippen LogP contribution in [0.3, 0.4) is 0 Å². The van der Waals surface area contributed by atoms with Gasteiger partial charge < -0.3 is 21.1 Å². The molecular weight excluding hydrogens is 252 g/mol. The summed E-state index contributed by atoms with van der Waals surface area (Å²) < 4.78 is 5.44. The fourth-order valence-corrected chi connectivity index (χ4v) is 2.00. The topological polar surface area (TPSA) is 94.5 Å². The van der Waals surface area contributed by atoms with Gasteiger partial charge in [-0.25, -0.2) is 4.98 Å². The molecule has 0 radical (unpaired) electrons. The number of morpholine rings is 1. The van der Waals surface area contributed by atoms with Crippen molar-refractivity contribution in [2.45, 2.75) is 6.10 Å². The number of anilines is 1. The molecule has 1 saturated heterocycles. The number of hydrogen-bond acceptors (Lipinski definition) is 5. The highest BCUT2D eigenvalue weighted by molar-refractivity contribution is 7.80. The Morgan fingerprint density at radius 1 is 1.56 bits per heavy atom. The molecule has 1 aliphatic heterocycles. The first-order valence-corrected chi connectivity index (χ1v) is 5.91. The molecule has 2 rings (SSSR count). The Morgan fingerprint density at radius 3 is 3.00 bits per heavy atom. The van der Waals surface area contributed by atoms with Crippen LogP contribution >= 0.6 is 12.2 Å². The van der Waals surface area contributed by atoms with Crippen LogP contribution < -0.4 is 16.4 Å². The fourth-order valence-electron chi connectivity index (χ4n) is 1.86. The number of amides is 1. The van der Waals surface area contributed by atoms with E-state index in [9.17, 15) is 4.79 Å². The third kappa shape index (κ3) is 2.57. The van der Waals surface area contributed by atoms with Gasteiger partial charge in [-0.1, -0.05) is 12.2 Å². The predicted molar refractivity (Wildman–Crippen MR) is 71.5 cm³/mol. The lowest BCUT2D eigenvalue weighted by atomic mass is 10.2. The minimum absolute atomic E-state index is 0.302. The molecule has 6 nitrogen and oxygen atoms in total. The zero-order valence-corrected chi connectivity index (χ0v) is 10.5. The number of ether oxygens (including phenoxy) is 1. The van der Waals surface area contributed by atoms with Gasteiger partial charge in [0.15, 0.2) is 0 Å². The monoisotopic (exact) mass is 266 g/mol. The van der Waals surface area contributed by atoms with Gasteiger partial charge in [-0.3, -0.25) is 4.79 Å². The highest BCUT2D eigenvalue weighted by Gasteiger charge is 2.25. The molecule has 1 unspecified atom stereocenters. The van der Waals surface area contributed by atoms with Crippen LogP contribution in [-0.4, -0.2) is 41.7 Å². The van der Waals surface area contributed by atoms with E-state index in [4.69, 9.17) is 28.4 Å². The van der Waals surface area contributed by atoms with E-state index in [2.05, 4.69) is 4.98 Å². The molecule has 0 aliphatic carbocycles. The summed E-state index contributed by atoms with van der Waals surface area (Å²) in [4.78, 5) is 17.8. The zero-order valence-electron chi connectivity index (χ0n) is 9.70. The van der Waals surface area contributed by atoms with Gasteiger partial charge in [0, 0.05) is 12.7 Å². The maximum atomic E-state index is 11.4. The minimum atomic E-state index is -0.503. The molecule has 7 heteroatoms.